The number of nitrogens with zero attached hydrogens (tertiary/aromatic N) is 1. The molecule has 2 rings (SSSR count). The average molecular weight is 262 g/mol. The molecule has 1 saturated heterocycles. The summed E-state index contributed by atoms with van der Waals surface area (Å²) >= 11 is 0. The number of nitrogens with two attached hydrogens (primary N) is 1. The first-order valence-electron chi connectivity index (χ1n) is 6.86. The summed E-state index contributed by atoms with van der Waals surface area (Å²) in [6.45, 7) is 3.88. The highest BCUT2D eigenvalue weighted by Gasteiger charge is 2.24. The maximum atomic E-state index is 11.7. The van der Waals surface area contributed by atoms with Crippen LogP contribution in [0.4, 0.5) is 0 Å². The van der Waals surface area contributed by atoms with Gasteiger partial charge in [0, 0.05) is 13.1 Å². The minimum absolute atomic E-state index is 0.0431. The average Bonchev–Trinajstić information content (AvgIpc) is 2.46. The van der Waals surface area contributed by atoms with Gasteiger partial charge in [0.15, 0.2) is 0 Å². The first-order valence-corrected chi connectivity index (χ1v) is 6.86. The van der Waals surface area contributed by atoms with Crippen molar-refractivity contribution in [1.82, 2.24) is 4.90 Å². The molecule has 1 aliphatic heterocycles. The van der Waals surface area contributed by atoms with Crippen LogP contribution in [0, 0.1) is 0 Å². The van der Waals surface area contributed by atoms with Crippen LogP contribution in [0.3, 0.4) is 0 Å². The van der Waals surface area contributed by atoms with Gasteiger partial charge >= 0.3 is 0 Å². The normalized spacial score (nSPS) is 18.3. The molecule has 0 saturated carbocycles. The lowest BCUT2D eigenvalue weighted by Gasteiger charge is -2.32. The number of carbonyl (C=O) groups is 1. The molecule has 0 aromatic heterocycles. The Morgan fingerprint density at radius 1 is 1.37 bits per heavy atom. The molecule has 104 valence electrons. The molecule has 2 N–H and O–H groups in total. The molecule has 1 aromatic carbocycles. The molecule has 0 aliphatic carbocycles. The maximum Gasteiger partial charge on any atom is 0.239 e. The van der Waals surface area contributed by atoms with Gasteiger partial charge in [0.05, 0.1) is 18.8 Å². The third kappa shape index (κ3) is 4.04. The van der Waals surface area contributed by atoms with E-state index >= 15 is 0 Å². The van der Waals surface area contributed by atoms with Crippen molar-refractivity contribution >= 4 is 5.91 Å². The summed E-state index contributed by atoms with van der Waals surface area (Å²) < 4.78 is 5.89. The van der Waals surface area contributed by atoms with Crippen molar-refractivity contribution < 1.29 is 9.53 Å². The predicted molar refractivity (Wildman–Crippen MR) is 74.5 cm³/mol. The lowest BCUT2D eigenvalue weighted by Crippen LogP contribution is -2.47. The number of carbonyl (C=O) groups excluding carboxylic acids is 1. The zero-order valence-electron chi connectivity index (χ0n) is 11.4. The van der Waals surface area contributed by atoms with Crippen LogP contribution in [-0.4, -0.2) is 36.0 Å². The predicted octanol–water partition coefficient (Wildman–Crippen LogP) is 1.54. The van der Waals surface area contributed by atoms with E-state index in [1.54, 1.807) is 6.92 Å². The largest absolute Gasteiger partial charge is 0.373 e. The van der Waals surface area contributed by atoms with Crippen molar-refractivity contribution in [1.29, 1.82) is 0 Å². The molecule has 1 heterocycles. The third-order valence-electron chi connectivity index (χ3n) is 3.47. The lowest BCUT2D eigenvalue weighted by molar-refractivity contribution is -0.135. The Kier molecular flexibility index (Phi) is 4.93. The van der Waals surface area contributed by atoms with Gasteiger partial charge in [0.25, 0.3) is 0 Å². The monoisotopic (exact) mass is 262 g/mol. The van der Waals surface area contributed by atoms with Gasteiger partial charge in [-0.2, -0.15) is 0 Å². The lowest BCUT2D eigenvalue weighted by atomic mass is 10.1. The summed E-state index contributed by atoms with van der Waals surface area (Å²) in [5, 5.41) is 0. The molecule has 0 bridgehead atoms. The number of rotatable bonds is 4. The minimum atomic E-state index is -0.401. The van der Waals surface area contributed by atoms with Crippen LogP contribution in [0.5, 0.6) is 0 Å². The van der Waals surface area contributed by atoms with E-state index in [4.69, 9.17) is 10.5 Å². The Labute approximate surface area is 114 Å². The molecule has 0 spiro atoms. The molecule has 1 amide bonds. The molecule has 1 atom stereocenters. The zero-order valence-corrected chi connectivity index (χ0v) is 11.4. The number of likely N-dealkylation sites (tertiary alicyclic amines) is 1. The summed E-state index contributed by atoms with van der Waals surface area (Å²) in [5.74, 6) is 0.0431. The van der Waals surface area contributed by atoms with Gasteiger partial charge in [-0.1, -0.05) is 30.3 Å². The highest BCUT2D eigenvalue weighted by molar-refractivity contribution is 5.81. The molecule has 0 unspecified atom stereocenters. The Balaban J connectivity index is 1.73. The van der Waals surface area contributed by atoms with E-state index < -0.39 is 6.04 Å². The molecule has 19 heavy (non-hydrogen) atoms. The van der Waals surface area contributed by atoms with Crippen molar-refractivity contribution in [3.8, 4) is 0 Å². The number of ether oxygens (including phenoxy) is 1. The smallest absolute Gasteiger partial charge is 0.239 e. The maximum absolute atomic E-state index is 11.7. The van der Waals surface area contributed by atoms with E-state index in [0.717, 1.165) is 25.9 Å². The second-order valence-corrected chi connectivity index (χ2v) is 5.11. The van der Waals surface area contributed by atoms with Gasteiger partial charge in [-0.05, 0) is 25.3 Å². The number of amides is 1. The van der Waals surface area contributed by atoms with Gasteiger partial charge < -0.3 is 15.4 Å². The van der Waals surface area contributed by atoms with E-state index in [1.807, 2.05) is 23.1 Å². The number of hydrogen-bond donors (Lipinski definition) is 1. The summed E-state index contributed by atoms with van der Waals surface area (Å²) in [7, 11) is 0. The van der Waals surface area contributed by atoms with E-state index in [-0.39, 0.29) is 12.0 Å². The second-order valence-electron chi connectivity index (χ2n) is 5.11. The van der Waals surface area contributed by atoms with Crippen LogP contribution >= 0.6 is 0 Å². The standard InChI is InChI=1S/C15H22N2O2/c1-12(16)15(18)17-9-7-14(8-10-17)19-11-13-5-3-2-4-6-13/h2-6,12,14H,7-11,16H2,1H3/t12-/m1/s1. The zero-order chi connectivity index (χ0) is 13.7. The molecular weight excluding hydrogens is 240 g/mol. The van der Waals surface area contributed by atoms with Gasteiger partial charge in [-0.25, -0.2) is 0 Å². The highest BCUT2D eigenvalue weighted by atomic mass is 16.5. The number of hydrogen-bond acceptors (Lipinski definition) is 3. The second kappa shape index (κ2) is 6.68. The first-order chi connectivity index (χ1) is 9.16. The van der Waals surface area contributed by atoms with Crippen LogP contribution < -0.4 is 5.73 Å². The summed E-state index contributed by atoms with van der Waals surface area (Å²) in [6, 6.07) is 9.76. The van der Waals surface area contributed by atoms with Crippen LogP contribution in [-0.2, 0) is 16.1 Å². The van der Waals surface area contributed by atoms with Crippen molar-refractivity contribution in [2.45, 2.75) is 38.5 Å². The van der Waals surface area contributed by atoms with E-state index in [0.29, 0.717) is 6.61 Å². The summed E-state index contributed by atoms with van der Waals surface area (Å²) in [6.07, 6.45) is 2.04. The van der Waals surface area contributed by atoms with Crippen molar-refractivity contribution in [2.75, 3.05) is 13.1 Å². The summed E-state index contributed by atoms with van der Waals surface area (Å²) in [5.41, 5.74) is 6.80. The van der Waals surface area contributed by atoms with Crippen LogP contribution in [0.1, 0.15) is 25.3 Å². The van der Waals surface area contributed by atoms with Crippen molar-refractivity contribution in [2.24, 2.45) is 5.73 Å². The van der Waals surface area contributed by atoms with E-state index in [1.165, 1.54) is 5.56 Å². The Bertz CT molecular complexity index is 398. The molecule has 0 radical (unpaired) electrons. The fraction of sp³-hybridized carbons (Fsp3) is 0.533. The van der Waals surface area contributed by atoms with Gasteiger partial charge in [0.2, 0.25) is 5.91 Å². The first kappa shape index (κ1) is 14.0. The van der Waals surface area contributed by atoms with Crippen molar-refractivity contribution in [3.05, 3.63) is 35.9 Å². The highest BCUT2D eigenvalue weighted by Crippen LogP contribution is 2.16. The molecule has 1 fully saturated rings. The van der Waals surface area contributed by atoms with Crippen LogP contribution in [0.2, 0.25) is 0 Å². The van der Waals surface area contributed by atoms with Gasteiger partial charge in [0.1, 0.15) is 0 Å². The van der Waals surface area contributed by atoms with Crippen LogP contribution in [0.25, 0.3) is 0 Å². The molecule has 4 nitrogen and oxygen atoms in total. The SMILES string of the molecule is C[C@@H](N)C(=O)N1CCC(OCc2ccccc2)CC1. The molecule has 1 aliphatic rings. The molecular formula is C15H22N2O2. The molecule has 1 aromatic rings. The van der Waals surface area contributed by atoms with Crippen LogP contribution in [0.15, 0.2) is 30.3 Å². The Morgan fingerprint density at radius 3 is 2.58 bits per heavy atom. The third-order valence-corrected chi connectivity index (χ3v) is 3.47. The number of benzene rings is 1. The summed E-state index contributed by atoms with van der Waals surface area (Å²) in [4.78, 5) is 13.6. The fourth-order valence-electron chi connectivity index (χ4n) is 2.32. The van der Waals surface area contributed by atoms with Gasteiger partial charge in [-0.3, -0.25) is 4.79 Å². The molecule has 4 heteroatoms. The van der Waals surface area contributed by atoms with E-state index in [2.05, 4.69) is 12.1 Å². The number of piperidine rings is 1. The minimum Gasteiger partial charge on any atom is -0.373 e. The Morgan fingerprint density at radius 2 is 2.00 bits per heavy atom. The topological polar surface area (TPSA) is 55.6 Å². The van der Waals surface area contributed by atoms with Gasteiger partial charge in [-0.15, -0.1) is 0 Å². The quantitative estimate of drug-likeness (QED) is 0.895. The van der Waals surface area contributed by atoms with E-state index in [9.17, 15) is 4.79 Å². The fourth-order valence-corrected chi connectivity index (χ4v) is 2.32. The van der Waals surface area contributed by atoms with Crippen molar-refractivity contribution in [3.63, 3.8) is 0 Å². The Hall–Kier alpha value is -1.39.